The highest BCUT2D eigenvalue weighted by molar-refractivity contribution is 7.90. The van der Waals surface area contributed by atoms with Crippen LogP contribution in [0.4, 0.5) is 0 Å². The molecule has 0 aliphatic carbocycles. The molecule has 1 heterocycles. The second-order valence-corrected chi connectivity index (χ2v) is 6.04. The van der Waals surface area contributed by atoms with Crippen LogP contribution in [0.25, 0.3) is 0 Å². The molecule has 5 heteroatoms. The van der Waals surface area contributed by atoms with E-state index >= 15 is 0 Å². The highest BCUT2D eigenvalue weighted by atomic mass is 35.5. The second kappa shape index (κ2) is 4.62. The fourth-order valence-electron chi connectivity index (χ4n) is 1.72. The Labute approximate surface area is 85.1 Å². The molecule has 0 spiro atoms. The van der Waals surface area contributed by atoms with Gasteiger partial charge >= 0.3 is 0 Å². The molecule has 0 aromatic rings. The third-order valence-electron chi connectivity index (χ3n) is 2.49. The summed E-state index contributed by atoms with van der Waals surface area (Å²) in [6, 6.07) is 0.117. The first-order valence-electron chi connectivity index (χ1n) is 4.63. The van der Waals surface area contributed by atoms with Crippen molar-refractivity contribution >= 4 is 21.6 Å². The summed E-state index contributed by atoms with van der Waals surface area (Å²) >= 11 is 5.42. The van der Waals surface area contributed by atoms with Crippen molar-refractivity contribution in [3.05, 3.63) is 0 Å². The smallest absolute Gasteiger partial charge is 0.211 e. The number of hydrogen-bond donors (Lipinski definition) is 0. The van der Waals surface area contributed by atoms with Crippen LogP contribution in [0.15, 0.2) is 0 Å². The molecule has 0 bridgehead atoms. The zero-order chi connectivity index (χ0) is 9.90. The maximum Gasteiger partial charge on any atom is 0.228 e. The first-order valence-corrected chi connectivity index (χ1v) is 6.78. The van der Waals surface area contributed by atoms with E-state index in [0.717, 1.165) is 25.7 Å². The summed E-state index contributed by atoms with van der Waals surface area (Å²) < 4.78 is 24.6. The van der Waals surface area contributed by atoms with Gasteiger partial charge in [-0.05, 0) is 19.8 Å². The lowest BCUT2D eigenvalue weighted by molar-refractivity contribution is 0.344. The maximum absolute atomic E-state index is 11.5. The van der Waals surface area contributed by atoms with E-state index in [1.54, 1.807) is 4.31 Å². The van der Waals surface area contributed by atoms with Crippen molar-refractivity contribution in [2.24, 2.45) is 0 Å². The summed E-state index contributed by atoms with van der Waals surface area (Å²) in [6.45, 7) is 2.59. The number of alkyl halides is 1. The summed E-state index contributed by atoms with van der Waals surface area (Å²) in [4.78, 5) is 0. The van der Waals surface area contributed by atoms with Crippen LogP contribution in [0.3, 0.4) is 0 Å². The molecule has 0 radical (unpaired) electrons. The van der Waals surface area contributed by atoms with Crippen molar-refractivity contribution in [2.75, 3.05) is 11.8 Å². The molecular formula is C8H16ClNO2S. The van der Waals surface area contributed by atoms with Gasteiger partial charge in [0.2, 0.25) is 10.0 Å². The van der Waals surface area contributed by atoms with Gasteiger partial charge in [0.25, 0.3) is 0 Å². The van der Waals surface area contributed by atoms with Gasteiger partial charge in [-0.15, -0.1) is 11.6 Å². The Hall–Kier alpha value is 0.200. The largest absolute Gasteiger partial charge is 0.228 e. The van der Waals surface area contributed by atoms with Gasteiger partial charge in [0.1, 0.15) is 5.21 Å². The summed E-state index contributed by atoms with van der Waals surface area (Å²) in [5.41, 5.74) is 0. The Kier molecular flexibility index (Phi) is 4.01. The Balaban J connectivity index is 2.75. The van der Waals surface area contributed by atoms with Crippen molar-refractivity contribution in [1.29, 1.82) is 0 Å². The molecular weight excluding hydrogens is 210 g/mol. The topological polar surface area (TPSA) is 37.4 Å². The minimum atomic E-state index is -3.20. The van der Waals surface area contributed by atoms with Crippen molar-refractivity contribution < 1.29 is 8.42 Å². The molecule has 0 amide bonds. The minimum Gasteiger partial charge on any atom is -0.211 e. The molecule has 0 aromatic carbocycles. The van der Waals surface area contributed by atoms with Gasteiger partial charge < -0.3 is 0 Å². The van der Waals surface area contributed by atoms with E-state index < -0.39 is 10.0 Å². The van der Waals surface area contributed by atoms with Gasteiger partial charge in [0.15, 0.2) is 0 Å². The van der Waals surface area contributed by atoms with Gasteiger partial charge in [0, 0.05) is 12.6 Å². The number of nitrogens with zero attached hydrogens (tertiary/aromatic N) is 1. The molecule has 0 saturated carbocycles. The number of sulfonamides is 1. The molecule has 0 N–H and O–H groups in total. The Bertz CT molecular complexity index is 253. The van der Waals surface area contributed by atoms with E-state index in [-0.39, 0.29) is 11.3 Å². The Morgan fingerprint density at radius 2 is 2.08 bits per heavy atom. The quantitative estimate of drug-likeness (QED) is 0.672. The van der Waals surface area contributed by atoms with Gasteiger partial charge in [-0.2, -0.15) is 4.31 Å². The number of rotatable bonds is 2. The molecule has 1 fully saturated rings. The zero-order valence-electron chi connectivity index (χ0n) is 7.87. The van der Waals surface area contributed by atoms with E-state index in [1.807, 2.05) is 6.92 Å². The van der Waals surface area contributed by atoms with E-state index in [9.17, 15) is 8.42 Å². The first-order chi connectivity index (χ1) is 6.08. The highest BCUT2D eigenvalue weighted by Gasteiger charge is 2.27. The van der Waals surface area contributed by atoms with Crippen LogP contribution in [0, 0.1) is 0 Å². The average Bonchev–Trinajstić information content (AvgIpc) is 2.30. The average molecular weight is 226 g/mol. The molecule has 1 saturated heterocycles. The predicted molar refractivity (Wildman–Crippen MR) is 54.3 cm³/mol. The zero-order valence-corrected chi connectivity index (χ0v) is 9.44. The van der Waals surface area contributed by atoms with Crippen LogP contribution in [0.1, 0.15) is 32.6 Å². The Morgan fingerprint density at radius 3 is 2.69 bits per heavy atom. The molecule has 13 heavy (non-hydrogen) atoms. The summed E-state index contributed by atoms with van der Waals surface area (Å²) in [7, 11) is -3.20. The molecule has 1 aliphatic heterocycles. The van der Waals surface area contributed by atoms with Crippen LogP contribution >= 0.6 is 11.6 Å². The summed E-state index contributed by atoms with van der Waals surface area (Å²) in [5.74, 6) is 0. The molecule has 1 atom stereocenters. The number of halogens is 1. The van der Waals surface area contributed by atoms with Crippen LogP contribution in [-0.4, -0.2) is 30.5 Å². The Morgan fingerprint density at radius 1 is 1.38 bits per heavy atom. The van der Waals surface area contributed by atoms with Gasteiger partial charge in [0.05, 0.1) is 0 Å². The molecule has 1 aliphatic rings. The molecule has 1 unspecified atom stereocenters. The first kappa shape index (κ1) is 11.3. The highest BCUT2D eigenvalue weighted by Crippen LogP contribution is 2.20. The molecule has 78 valence electrons. The van der Waals surface area contributed by atoms with Crippen molar-refractivity contribution in [3.8, 4) is 0 Å². The standard InChI is InChI=1S/C8H16ClNO2S/c1-8-5-3-2-4-6-10(8)13(11,12)7-9/h8H,2-7H2,1H3. The maximum atomic E-state index is 11.5. The molecule has 1 rings (SSSR count). The molecule has 3 nitrogen and oxygen atoms in total. The minimum absolute atomic E-state index is 0.117. The van der Waals surface area contributed by atoms with Crippen LogP contribution in [-0.2, 0) is 10.0 Å². The van der Waals surface area contributed by atoms with Crippen LogP contribution < -0.4 is 0 Å². The lowest BCUT2D eigenvalue weighted by Crippen LogP contribution is -2.38. The van der Waals surface area contributed by atoms with Gasteiger partial charge in [-0.3, -0.25) is 0 Å². The lowest BCUT2D eigenvalue weighted by Gasteiger charge is -2.24. The van der Waals surface area contributed by atoms with E-state index in [0.29, 0.717) is 6.54 Å². The summed E-state index contributed by atoms with van der Waals surface area (Å²) in [5, 5.41) is -0.294. The third-order valence-corrected chi connectivity index (χ3v) is 4.85. The van der Waals surface area contributed by atoms with E-state index in [4.69, 9.17) is 11.6 Å². The van der Waals surface area contributed by atoms with Crippen molar-refractivity contribution in [2.45, 2.75) is 38.6 Å². The van der Waals surface area contributed by atoms with Crippen LogP contribution in [0.5, 0.6) is 0 Å². The number of hydrogen-bond acceptors (Lipinski definition) is 2. The van der Waals surface area contributed by atoms with Crippen molar-refractivity contribution in [3.63, 3.8) is 0 Å². The van der Waals surface area contributed by atoms with E-state index in [1.165, 1.54) is 0 Å². The second-order valence-electron chi connectivity index (χ2n) is 3.53. The fourth-order valence-corrected chi connectivity index (χ4v) is 3.29. The van der Waals surface area contributed by atoms with Crippen LogP contribution in [0.2, 0.25) is 0 Å². The monoisotopic (exact) mass is 225 g/mol. The SMILES string of the molecule is CC1CCCCCN1S(=O)(=O)CCl. The third kappa shape index (κ3) is 2.82. The lowest BCUT2D eigenvalue weighted by atomic mass is 10.1. The predicted octanol–water partition coefficient (Wildman–Crippen LogP) is 1.78. The van der Waals surface area contributed by atoms with Crippen molar-refractivity contribution in [1.82, 2.24) is 4.31 Å². The fraction of sp³-hybridized carbons (Fsp3) is 1.00. The van der Waals surface area contributed by atoms with E-state index in [2.05, 4.69) is 0 Å². The van der Waals surface area contributed by atoms with Gasteiger partial charge in [-0.1, -0.05) is 12.8 Å². The van der Waals surface area contributed by atoms with Gasteiger partial charge in [-0.25, -0.2) is 8.42 Å². The normalized spacial score (nSPS) is 27.1. The summed E-state index contributed by atoms with van der Waals surface area (Å²) in [6.07, 6.45) is 4.16. The molecule has 0 aromatic heterocycles.